The molecule has 0 bridgehead atoms. The summed E-state index contributed by atoms with van der Waals surface area (Å²) in [6.07, 6.45) is 17.1. The standard InChI is InChI=1S/C58H88N2O7/c1-11-13-14-15-16-17-18-19-20-21-22-23-24-31-36-59-51(61)47-48(52(59)62)50(67-49(47)56(5,6)37-41-32-27-25-28-33-41)58(9,10)57(7,8)39-44-46-45(43(66-44)38-55(3,4)40-65-12-2)53(63)60(54(46)64)42-34-29-26-30-35-42/h25-30,32-35,43-50H,11-24,31,36-40H2,1-10H3. The van der Waals surface area contributed by atoms with Crippen LogP contribution in [0.25, 0.3) is 0 Å². The van der Waals surface area contributed by atoms with Crippen molar-refractivity contribution < 1.29 is 33.4 Å². The number of imide groups is 2. The Balaban J connectivity index is 1.18. The molecule has 67 heavy (non-hydrogen) atoms. The van der Waals surface area contributed by atoms with E-state index in [0.717, 1.165) is 19.3 Å². The smallest absolute Gasteiger partial charge is 0.240 e. The third-order valence-electron chi connectivity index (χ3n) is 16.6. The Kier molecular flexibility index (Phi) is 18.2. The van der Waals surface area contributed by atoms with Crippen molar-refractivity contribution in [2.24, 2.45) is 45.3 Å². The van der Waals surface area contributed by atoms with E-state index >= 15 is 0 Å². The summed E-state index contributed by atoms with van der Waals surface area (Å²) in [5, 5.41) is 0. The lowest BCUT2D eigenvalue weighted by Gasteiger charge is -2.48. The molecule has 9 nitrogen and oxygen atoms in total. The second kappa shape index (κ2) is 23.0. The molecule has 4 fully saturated rings. The van der Waals surface area contributed by atoms with Crippen LogP contribution in [0.5, 0.6) is 0 Å². The van der Waals surface area contributed by atoms with Crippen LogP contribution in [0.2, 0.25) is 0 Å². The fourth-order valence-electron chi connectivity index (χ4n) is 12.1. The number of para-hydroxylation sites is 1. The average molecular weight is 925 g/mol. The fourth-order valence-corrected chi connectivity index (χ4v) is 12.1. The van der Waals surface area contributed by atoms with Gasteiger partial charge < -0.3 is 14.2 Å². The molecule has 4 aliphatic heterocycles. The van der Waals surface area contributed by atoms with Crippen molar-refractivity contribution in [3.63, 3.8) is 0 Å². The number of hydrogen-bond acceptors (Lipinski definition) is 7. The predicted molar refractivity (Wildman–Crippen MR) is 268 cm³/mol. The lowest BCUT2D eigenvalue weighted by atomic mass is 9.59. The highest BCUT2D eigenvalue weighted by molar-refractivity contribution is 6.22. The van der Waals surface area contributed by atoms with E-state index in [1.807, 2.05) is 55.5 Å². The lowest BCUT2D eigenvalue weighted by Crippen LogP contribution is -2.50. The topological polar surface area (TPSA) is 102 Å². The van der Waals surface area contributed by atoms with Gasteiger partial charge in [0, 0.05) is 13.2 Å². The third-order valence-corrected chi connectivity index (χ3v) is 16.6. The van der Waals surface area contributed by atoms with E-state index in [0.29, 0.717) is 44.7 Å². The zero-order valence-corrected chi connectivity index (χ0v) is 43.3. The van der Waals surface area contributed by atoms with Crippen LogP contribution >= 0.6 is 0 Å². The lowest BCUT2D eigenvalue weighted by molar-refractivity contribution is -0.157. The van der Waals surface area contributed by atoms with Gasteiger partial charge in [0.05, 0.1) is 60.4 Å². The third kappa shape index (κ3) is 12.1. The first-order valence-electron chi connectivity index (χ1n) is 26.6. The van der Waals surface area contributed by atoms with Gasteiger partial charge in [-0.2, -0.15) is 0 Å². The monoisotopic (exact) mass is 925 g/mol. The maximum Gasteiger partial charge on any atom is 0.240 e. The van der Waals surface area contributed by atoms with Gasteiger partial charge in [-0.05, 0) is 72.0 Å². The number of fused-ring (bicyclic) bond motifs is 2. The molecule has 4 aliphatic rings. The van der Waals surface area contributed by atoms with E-state index in [-0.39, 0.29) is 29.0 Å². The number of carbonyl (C=O) groups is 4. The van der Waals surface area contributed by atoms with Crippen LogP contribution < -0.4 is 4.90 Å². The Morgan fingerprint density at radius 1 is 0.537 bits per heavy atom. The van der Waals surface area contributed by atoms with Crippen LogP contribution in [0.1, 0.15) is 178 Å². The van der Waals surface area contributed by atoms with Gasteiger partial charge >= 0.3 is 0 Å². The van der Waals surface area contributed by atoms with Gasteiger partial charge in [-0.3, -0.25) is 24.1 Å². The Labute approximate surface area is 405 Å². The molecule has 0 aromatic heterocycles. The van der Waals surface area contributed by atoms with E-state index in [4.69, 9.17) is 14.2 Å². The molecule has 9 heteroatoms. The van der Waals surface area contributed by atoms with E-state index in [2.05, 4.69) is 74.4 Å². The highest BCUT2D eigenvalue weighted by Crippen LogP contribution is 2.59. The molecule has 2 aromatic carbocycles. The number of unbranched alkanes of at least 4 members (excludes halogenated alkanes) is 13. The van der Waals surface area contributed by atoms with Gasteiger partial charge in [0.25, 0.3) is 0 Å². The molecule has 0 radical (unpaired) electrons. The molecule has 372 valence electrons. The number of nitrogens with zero attached hydrogens (tertiary/aromatic N) is 2. The van der Waals surface area contributed by atoms with Crippen molar-refractivity contribution in [1.82, 2.24) is 4.90 Å². The Morgan fingerprint density at radius 2 is 1.01 bits per heavy atom. The molecule has 4 amide bonds. The highest BCUT2D eigenvalue weighted by atomic mass is 16.5. The van der Waals surface area contributed by atoms with E-state index in [1.165, 1.54) is 81.1 Å². The summed E-state index contributed by atoms with van der Waals surface area (Å²) in [6, 6.07) is 19.6. The number of likely N-dealkylation sites (tertiary alicyclic amines) is 1. The van der Waals surface area contributed by atoms with Crippen molar-refractivity contribution in [1.29, 1.82) is 0 Å². The number of benzene rings is 2. The number of anilines is 1. The average Bonchev–Trinajstić information content (AvgIpc) is 4.00. The summed E-state index contributed by atoms with van der Waals surface area (Å²) in [7, 11) is 0. The number of hydrogen-bond donors (Lipinski definition) is 0. The molecule has 6 rings (SSSR count). The maximum atomic E-state index is 14.9. The molecular formula is C58H88N2O7. The number of carbonyl (C=O) groups excluding carboxylic acids is 4. The van der Waals surface area contributed by atoms with E-state index < -0.39 is 64.3 Å². The van der Waals surface area contributed by atoms with Gasteiger partial charge in [0.2, 0.25) is 23.6 Å². The highest BCUT2D eigenvalue weighted by Gasteiger charge is 2.68. The van der Waals surface area contributed by atoms with Crippen LogP contribution in [0.15, 0.2) is 60.7 Å². The molecule has 8 unspecified atom stereocenters. The number of rotatable bonds is 28. The molecule has 4 heterocycles. The van der Waals surface area contributed by atoms with Crippen LogP contribution in [0, 0.1) is 45.3 Å². The Hall–Kier alpha value is -3.40. The molecule has 4 saturated heterocycles. The van der Waals surface area contributed by atoms with Crippen molar-refractivity contribution in [3.05, 3.63) is 66.2 Å². The summed E-state index contributed by atoms with van der Waals surface area (Å²) < 4.78 is 20.1. The van der Waals surface area contributed by atoms with Gasteiger partial charge in [-0.25, -0.2) is 4.90 Å². The zero-order valence-electron chi connectivity index (χ0n) is 43.3. The van der Waals surface area contributed by atoms with E-state index in [1.54, 1.807) is 4.90 Å². The minimum absolute atomic E-state index is 0.0949. The summed E-state index contributed by atoms with van der Waals surface area (Å²) in [4.78, 5) is 61.6. The Bertz CT molecular complexity index is 1930. The van der Waals surface area contributed by atoms with E-state index in [9.17, 15) is 19.2 Å². The van der Waals surface area contributed by atoms with Crippen molar-refractivity contribution >= 4 is 29.3 Å². The van der Waals surface area contributed by atoms with Crippen LogP contribution in [0.3, 0.4) is 0 Å². The number of ether oxygens (including phenoxy) is 3. The largest absolute Gasteiger partial charge is 0.381 e. The summed E-state index contributed by atoms with van der Waals surface area (Å²) >= 11 is 0. The van der Waals surface area contributed by atoms with Crippen LogP contribution in [-0.4, -0.2) is 72.7 Å². The van der Waals surface area contributed by atoms with Crippen LogP contribution in [0.4, 0.5) is 5.69 Å². The molecular weight excluding hydrogens is 837 g/mol. The van der Waals surface area contributed by atoms with Crippen LogP contribution in [-0.2, 0) is 39.8 Å². The molecule has 0 N–H and O–H groups in total. The summed E-state index contributed by atoms with van der Waals surface area (Å²) in [5.74, 6) is -3.12. The molecule has 0 saturated carbocycles. The Morgan fingerprint density at radius 3 is 1.54 bits per heavy atom. The normalized spacial score (nSPS) is 25.8. The zero-order chi connectivity index (χ0) is 48.6. The number of amides is 4. The summed E-state index contributed by atoms with van der Waals surface area (Å²) in [6.45, 7) is 23.1. The minimum atomic E-state index is -0.662. The van der Waals surface area contributed by atoms with Gasteiger partial charge in [-0.1, -0.05) is 194 Å². The SMILES string of the molecule is CCCCCCCCCCCCCCCCN1C(=O)C2C(C1=O)C(C(C)(C)C(C)(C)CC1OC(CC(C)(C)COCC)C3C(=O)N(c4ccccc4)C(=O)C13)OC2C(C)(C)Cc1ccccc1. The first-order chi connectivity index (χ1) is 31.9. The van der Waals surface area contributed by atoms with Crippen molar-refractivity contribution in [2.75, 3.05) is 24.7 Å². The van der Waals surface area contributed by atoms with Crippen molar-refractivity contribution in [2.45, 2.75) is 203 Å². The molecule has 0 spiro atoms. The quantitative estimate of drug-likeness (QED) is 0.0618. The first kappa shape index (κ1) is 53.0. The molecule has 0 aliphatic carbocycles. The summed E-state index contributed by atoms with van der Waals surface area (Å²) in [5.41, 5.74) is -0.235. The van der Waals surface area contributed by atoms with Crippen molar-refractivity contribution in [3.8, 4) is 0 Å². The molecule has 2 aromatic rings. The van der Waals surface area contributed by atoms with Gasteiger partial charge in [0.1, 0.15) is 0 Å². The minimum Gasteiger partial charge on any atom is -0.381 e. The predicted octanol–water partition coefficient (Wildman–Crippen LogP) is 12.6. The van der Waals surface area contributed by atoms with Gasteiger partial charge in [0.15, 0.2) is 0 Å². The maximum absolute atomic E-state index is 14.9. The second-order valence-corrected chi connectivity index (χ2v) is 23.5. The van der Waals surface area contributed by atoms with Gasteiger partial charge in [-0.15, -0.1) is 0 Å². The first-order valence-corrected chi connectivity index (χ1v) is 26.6. The fraction of sp³-hybridized carbons (Fsp3) is 0.724. The molecule has 8 atom stereocenters. The second-order valence-electron chi connectivity index (χ2n) is 23.5.